The summed E-state index contributed by atoms with van der Waals surface area (Å²) in [5.74, 6) is 1.66. The number of likely N-dealkylation sites (N-methyl/N-ethyl adjacent to an activating group) is 1. The van der Waals surface area contributed by atoms with E-state index in [1.54, 1.807) is 6.07 Å². The molecule has 1 fully saturated rings. The van der Waals surface area contributed by atoms with Crippen LogP contribution in [0.4, 0.5) is 15.8 Å². The predicted octanol–water partition coefficient (Wildman–Crippen LogP) is 3.36. The number of aryl methyl sites for hydroxylation is 2. The zero-order valence-corrected chi connectivity index (χ0v) is 18.7. The Morgan fingerprint density at radius 2 is 1.77 bits per heavy atom. The van der Waals surface area contributed by atoms with E-state index in [0.29, 0.717) is 5.69 Å². The first kappa shape index (κ1) is 21.2. The van der Waals surface area contributed by atoms with Crippen molar-refractivity contribution in [2.24, 2.45) is 4.99 Å². The fraction of sp³-hybridized carbons (Fsp3) is 0.375. The molecular formula is C24H31FN6. The number of nitrogens with zero attached hydrogens (tertiary/aromatic N) is 4. The molecule has 0 amide bonds. The highest BCUT2D eigenvalue weighted by atomic mass is 19.1. The lowest BCUT2D eigenvalue weighted by atomic mass is 10.1. The average molecular weight is 423 g/mol. The minimum atomic E-state index is -0.167. The molecule has 0 aliphatic carbocycles. The van der Waals surface area contributed by atoms with Crippen LogP contribution in [-0.4, -0.2) is 62.2 Å². The highest BCUT2D eigenvalue weighted by molar-refractivity contribution is 5.94. The topological polar surface area (TPSA) is 46.1 Å². The van der Waals surface area contributed by atoms with Gasteiger partial charge in [0.15, 0.2) is 6.29 Å². The van der Waals surface area contributed by atoms with Crippen molar-refractivity contribution in [3.8, 4) is 0 Å². The van der Waals surface area contributed by atoms with Crippen LogP contribution in [0.2, 0.25) is 0 Å². The summed E-state index contributed by atoms with van der Waals surface area (Å²) in [6, 6.07) is 13.4. The number of rotatable bonds is 4. The van der Waals surface area contributed by atoms with Gasteiger partial charge >= 0.3 is 0 Å². The van der Waals surface area contributed by atoms with E-state index in [-0.39, 0.29) is 12.1 Å². The number of hydrogen-bond donors (Lipinski definition) is 2. The van der Waals surface area contributed by atoms with Crippen LogP contribution in [0.5, 0.6) is 0 Å². The molecule has 6 nitrogen and oxygen atoms in total. The van der Waals surface area contributed by atoms with Crippen molar-refractivity contribution < 1.29 is 4.39 Å². The van der Waals surface area contributed by atoms with E-state index >= 15 is 0 Å². The number of hydrogen-bond acceptors (Lipinski definition) is 6. The summed E-state index contributed by atoms with van der Waals surface area (Å²) in [6.07, 6.45) is 1.86. The highest BCUT2D eigenvalue weighted by Crippen LogP contribution is 2.22. The van der Waals surface area contributed by atoms with Crippen LogP contribution in [0.1, 0.15) is 11.1 Å². The number of nitrogens with one attached hydrogen (secondary N) is 2. The van der Waals surface area contributed by atoms with Crippen LogP contribution < -0.4 is 15.5 Å². The van der Waals surface area contributed by atoms with E-state index < -0.39 is 0 Å². The van der Waals surface area contributed by atoms with Crippen LogP contribution in [-0.2, 0) is 0 Å². The van der Waals surface area contributed by atoms with E-state index in [1.165, 1.54) is 17.2 Å². The van der Waals surface area contributed by atoms with Crippen molar-refractivity contribution in [3.05, 3.63) is 71.3 Å². The van der Waals surface area contributed by atoms with Gasteiger partial charge in [0, 0.05) is 52.0 Å². The Kier molecular flexibility index (Phi) is 6.13. The summed E-state index contributed by atoms with van der Waals surface area (Å²) in [4.78, 5) is 11.3. The van der Waals surface area contributed by atoms with Crippen molar-refractivity contribution in [2.45, 2.75) is 20.1 Å². The Bertz CT molecular complexity index is 991. The van der Waals surface area contributed by atoms with Gasteiger partial charge in [0.25, 0.3) is 0 Å². The van der Waals surface area contributed by atoms with Gasteiger partial charge in [0.1, 0.15) is 17.5 Å². The number of amidine groups is 1. The smallest absolute Gasteiger partial charge is 0.179 e. The van der Waals surface area contributed by atoms with Crippen LogP contribution in [0.15, 0.2) is 59.4 Å². The molecule has 4 rings (SSSR count). The molecule has 2 aromatic carbocycles. The summed E-state index contributed by atoms with van der Waals surface area (Å²) in [7, 11) is 4.00. The number of halogens is 1. The molecule has 7 heteroatoms. The molecule has 0 radical (unpaired) electrons. The quantitative estimate of drug-likeness (QED) is 0.791. The second-order valence-corrected chi connectivity index (χ2v) is 8.36. The van der Waals surface area contributed by atoms with Crippen LogP contribution in [0.3, 0.4) is 0 Å². The first-order valence-electron chi connectivity index (χ1n) is 10.7. The molecule has 0 saturated carbocycles. The van der Waals surface area contributed by atoms with Crippen molar-refractivity contribution >= 4 is 17.2 Å². The van der Waals surface area contributed by atoms with Gasteiger partial charge in [-0.15, -0.1) is 0 Å². The van der Waals surface area contributed by atoms with Gasteiger partial charge in [-0.1, -0.05) is 18.2 Å². The number of aliphatic imine (C=N–C) groups is 1. The van der Waals surface area contributed by atoms with E-state index in [9.17, 15) is 4.39 Å². The van der Waals surface area contributed by atoms with E-state index in [0.717, 1.165) is 43.5 Å². The number of piperazine rings is 1. The molecule has 0 aromatic heterocycles. The first-order chi connectivity index (χ1) is 14.9. The minimum absolute atomic E-state index is 0.164. The zero-order valence-electron chi connectivity index (χ0n) is 18.7. The first-order valence-corrected chi connectivity index (χ1v) is 10.7. The maximum atomic E-state index is 14.2. The minimum Gasteiger partial charge on any atom is -0.367 e. The molecule has 1 atom stereocenters. The Labute approximate surface area is 184 Å². The number of para-hydroxylation sites is 1. The van der Waals surface area contributed by atoms with Gasteiger partial charge in [-0.3, -0.25) is 4.90 Å². The molecule has 2 aliphatic rings. The Balaban J connectivity index is 1.45. The molecule has 2 aliphatic heterocycles. The van der Waals surface area contributed by atoms with Gasteiger partial charge in [0.05, 0.1) is 5.69 Å². The standard InChI is InChI=1S/C24H31FN6/c1-17-9-10-19(15-18(17)2)26-22-16-23(29(3)4)28-24(27-22)31-13-11-30(12-14-31)21-8-6-5-7-20(21)25/h5-10,15-16,24,26-27H,11-14H2,1-4H3. The summed E-state index contributed by atoms with van der Waals surface area (Å²) < 4.78 is 14.2. The van der Waals surface area contributed by atoms with Crippen molar-refractivity contribution in [2.75, 3.05) is 50.5 Å². The number of anilines is 2. The number of benzene rings is 2. The summed E-state index contributed by atoms with van der Waals surface area (Å²) >= 11 is 0. The summed E-state index contributed by atoms with van der Waals surface area (Å²) in [5.41, 5.74) is 4.25. The maximum absolute atomic E-state index is 14.2. The Hall–Kier alpha value is -3.06. The molecule has 31 heavy (non-hydrogen) atoms. The molecule has 1 saturated heterocycles. The maximum Gasteiger partial charge on any atom is 0.179 e. The Morgan fingerprint density at radius 3 is 2.45 bits per heavy atom. The van der Waals surface area contributed by atoms with Crippen molar-refractivity contribution in [1.29, 1.82) is 0 Å². The third-order valence-electron chi connectivity index (χ3n) is 5.91. The van der Waals surface area contributed by atoms with Gasteiger partial charge in [-0.25, -0.2) is 9.38 Å². The van der Waals surface area contributed by atoms with Crippen LogP contribution in [0.25, 0.3) is 0 Å². The molecule has 1 unspecified atom stereocenters. The molecule has 2 N–H and O–H groups in total. The largest absolute Gasteiger partial charge is 0.367 e. The lowest BCUT2D eigenvalue weighted by Crippen LogP contribution is -2.56. The van der Waals surface area contributed by atoms with Crippen LogP contribution >= 0.6 is 0 Å². The fourth-order valence-electron chi connectivity index (χ4n) is 3.88. The van der Waals surface area contributed by atoms with Crippen molar-refractivity contribution in [3.63, 3.8) is 0 Å². The summed E-state index contributed by atoms with van der Waals surface area (Å²) in [6.45, 7) is 7.35. The second-order valence-electron chi connectivity index (χ2n) is 8.36. The molecule has 0 spiro atoms. The van der Waals surface area contributed by atoms with Crippen LogP contribution in [0, 0.1) is 19.7 Å². The zero-order chi connectivity index (χ0) is 22.0. The SMILES string of the molecule is Cc1ccc(NC2=CC(N(C)C)=NC(N3CCN(c4ccccc4F)CC3)N2)cc1C. The summed E-state index contributed by atoms with van der Waals surface area (Å²) in [5, 5.41) is 7.03. The molecule has 2 heterocycles. The Morgan fingerprint density at radius 1 is 1.03 bits per heavy atom. The molecule has 2 aromatic rings. The van der Waals surface area contributed by atoms with Crippen molar-refractivity contribution in [1.82, 2.24) is 15.1 Å². The second kappa shape index (κ2) is 8.98. The van der Waals surface area contributed by atoms with Gasteiger partial charge < -0.3 is 20.4 Å². The highest BCUT2D eigenvalue weighted by Gasteiger charge is 2.27. The molecular weight excluding hydrogens is 391 g/mol. The third kappa shape index (κ3) is 4.82. The normalized spacial score (nSPS) is 19.4. The van der Waals surface area contributed by atoms with Gasteiger partial charge in [-0.05, 0) is 49.2 Å². The third-order valence-corrected chi connectivity index (χ3v) is 5.91. The average Bonchev–Trinajstić information content (AvgIpc) is 2.76. The lowest BCUT2D eigenvalue weighted by Gasteiger charge is -2.40. The van der Waals surface area contributed by atoms with Gasteiger partial charge in [0.2, 0.25) is 0 Å². The fourth-order valence-corrected chi connectivity index (χ4v) is 3.88. The predicted molar refractivity (Wildman–Crippen MR) is 126 cm³/mol. The van der Waals surface area contributed by atoms with Gasteiger partial charge in [-0.2, -0.15) is 0 Å². The molecule has 164 valence electrons. The lowest BCUT2D eigenvalue weighted by molar-refractivity contribution is 0.168. The molecule has 0 bridgehead atoms. The monoisotopic (exact) mass is 422 g/mol. The van der Waals surface area contributed by atoms with E-state index in [2.05, 4.69) is 52.5 Å². The van der Waals surface area contributed by atoms with E-state index in [1.807, 2.05) is 37.2 Å². The van der Waals surface area contributed by atoms with E-state index in [4.69, 9.17) is 4.99 Å².